The third-order valence-corrected chi connectivity index (χ3v) is 3.38. The summed E-state index contributed by atoms with van der Waals surface area (Å²) in [6.07, 6.45) is 2.92. The first-order valence-corrected chi connectivity index (χ1v) is 6.49. The Bertz CT molecular complexity index is 544. The predicted molar refractivity (Wildman–Crippen MR) is 76.3 cm³/mol. The standard InChI is InChI=1S/C14H18N2OS/c1-11(8-9-17-2)16-13(10-15-14(16)18)12-6-4-3-5-7-12/h3-7,10-11H,8-9H2,1-2H3,(H,15,18). The van der Waals surface area contributed by atoms with E-state index in [-0.39, 0.29) is 0 Å². The molecular formula is C14H18N2OS. The highest BCUT2D eigenvalue weighted by Gasteiger charge is 2.12. The molecule has 0 aliphatic rings. The zero-order valence-corrected chi connectivity index (χ0v) is 11.5. The number of ether oxygens (including phenoxy) is 1. The number of hydrogen-bond donors (Lipinski definition) is 1. The van der Waals surface area contributed by atoms with E-state index in [4.69, 9.17) is 17.0 Å². The highest BCUT2D eigenvalue weighted by molar-refractivity contribution is 7.71. The molecule has 1 aromatic heterocycles. The average Bonchev–Trinajstić information content (AvgIpc) is 2.79. The van der Waals surface area contributed by atoms with Crippen LogP contribution in [0.3, 0.4) is 0 Å². The lowest BCUT2D eigenvalue weighted by Gasteiger charge is -2.16. The fourth-order valence-corrected chi connectivity index (χ4v) is 2.40. The van der Waals surface area contributed by atoms with Crippen molar-refractivity contribution in [3.05, 3.63) is 41.3 Å². The van der Waals surface area contributed by atoms with Crippen molar-refractivity contribution in [1.29, 1.82) is 0 Å². The second kappa shape index (κ2) is 5.98. The van der Waals surface area contributed by atoms with Crippen LogP contribution in [0.25, 0.3) is 11.3 Å². The summed E-state index contributed by atoms with van der Waals surface area (Å²) in [5.41, 5.74) is 2.30. The summed E-state index contributed by atoms with van der Waals surface area (Å²) >= 11 is 5.37. The lowest BCUT2D eigenvalue weighted by atomic mass is 10.1. The molecule has 1 N–H and O–H groups in total. The van der Waals surface area contributed by atoms with Gasteiger partial charge >= 0.3 is 0 Å². The Labute approximate surface area is 112 Å². The Balaban J connectivity index is 2.36. The minimum atomic E-state index is 0.318. The summed E-state index contributed by atoms with van der Waals surface area (Å²) < 4.78 is 8.06. The molecule has 0 amide bonds. The Morgan fingerprint density at radius 1 is 1.33 bits per heavy atom. The smallest absolute Gasteiger partial charge is 0.177 e. The van der Waals surface area contributed by atoms with Gasteiger partial charge in [0.25, 0.3) is 0 Å². The lowest BCUT2D eigenvalue weighted by Crippen LogP contribution is -2.09. The molecule has 2 rings (SSSR count). The molecule has 4 heteroatoms. The van der Waals surface area contributed by atoms with E-state index >= 15 is 0 Å². The molecule has 1 unspecified atom stereocenters. The normalized spacial score (nSPS) is 12.6. The van der Waals surface area contributed by atoms with Crippen molar-refractivity contribution in [3.8, 4) is 11.3 Å². The summed E-state index contributed by atoms with van der Waals surface area (Å²) in [7, 11) is 1.72. The summed E-state index contributed by atoms with van der Waals surface area (Å²) in [4.78, 5) is 3.13. The monoisotopic (exact) mass is 262 g/mol. The van der Waals surface area contributed by atoms with Crippen LogP contribution in [0.1, 0.15) is 19.4 Å². The molecule has 0 aliphatic carbocycles. The Kier molecular flexibility index (Phi) is 4.33. The largest absolute Gasteiger partial charge is 0.385 e. The molecule has 1 atom stereocenters. The highest BCUT2D eigenvalue weighted by Crippen LogP contribution is 2.24. The van der Waals surface area contributed by atoms with Crippen LogP contribution in [0.15, 0.2) is 36.5 Å². The van der Waals surface area contributed by atoms with E-state index in [1.54, 1.807) is 7.11 Å². The quantitative estimate of drug-likeness (QED) is 0.830. The molecule has 0 bridgehead atoms. The van der Waals surface area contributed by atoms with E-state index in [1.165, 1.54) is 5.56 Å². The van der Waals surface area contributed by atoms with E-state index in [0.717, 1.165) is 23.5 Å². The first-order chi connectivity index (χ1) is 8.74. The topological polar surface area (TPSA) is 29.9 Å². The van der Waals surface area contributed by atoms with Crippen LogP contribution in [-0.4, -0.2) is 23.3 Å². The van der Waals surface area contributed by atoms with Gasteiger partial charge in [-0.3, -0.25) is 0 Å². The van der Waals surface area contributed by atoms with Gasteiger partial charge in [0.1, 0.15) is 0 Å². The van der Waals surface area contributed by atoms with Gasteiger partial charge < -0.3 is 14.3 Å². The fourth-order valence-electron chi connectivity index (χ4n) is 2.07. The van der Waals surface area contributed by atoms with Crippen LogP contribution in [0.5, 0.6) is 0 Å². The Hall–Kier alpha value is -1.39. The molecule has 3 nitrogen and oxygen atoms in total. The van der Waals surface area contributed by atoms with Crippen molar-refractivity contribution in [2.75, 3.05) is 13.7 Å². The maximum absolute atomic E-state index is 5.37. The number of rotatable bonds is 5. The molecule has 96 valence electrons. The van der Waals surface area contributed by atoms with Crippen LogP contribution >= 0.6 is 12.2 Å². The van der Waals surface area contributed by atoms with Crippen molar-refractivity contribution in [2.45, 2.75) is 19.4 Å². The van der Waals surface area contributed by atoms with Gasteiger partial charge in [-0.15, -0.1) is 0 Å². The molecule has 1 heterocycles. The number of aromatic nitrogens is 2. The number of imidazole rings is 1. The summed E-state index contributed by atoms with van der Waals surface area (Å²) in [5.74, 6) is 0. The summed E-state index contributed by atoms with van der Waals surface area (Å²) in [6.45, 7) is 2.90. The maximum atomic E-state index is 5.37. The summed E-state index contributed by atoms with van der Waals surface area (Å²) in [6, 6.07) is 10.6. The third kappa shape index (κ3) is 2.71. The number of aromatic amines is 1. The van der Waals surface area contributed by atoms with Gasteiger partial charge in [0.15, 0.2) is 4.77 Å². The van der Waals surface area contributed by atoms with Crippen LogP contribution < -0.4 is 0 Å². The highest BCUT2D eigenvalue weighted by atomic mass is 32.1. The molecule has 18 heavy (non-hydrogen) atoms. The minimum absolute atomic E-state index is 0.318. The van der Waals surface area contributed by atoms with E-state index in [2.05, 4.69) is 28.6 Å². The fraction of sp³-hybridized carbons (Fsp3) is 0.357. The third-order valence-electron chi connectivity index (χ3n) is 3.06. The van der Waals surface area contributed by atoms with Gasteiger partial charge in [0.05, 0.1) is 5.69 Å². The molecule has 0 fully saturated rings. The van der Waals surface area contributed by atoms with Crippen molar-refractivity contribution >= 4 is 12.2 Å². The van der Waals surface area contributed by atoms with E-state index in [9.17, 15) is 0 Å². The van der Waals surface area contributed by atoms with Crippen LogP contribution in [-0.2, 0) is 4.74 Å². The number of benzene rings is 1. The maximum Gasteiger partial charge on any atom is 0.177 e. The molecule has 0 saturated carbocycles. The van der Waals surface area contributed by atoms with Gasteiger partial charge in [-0.25, -0.2) is 0 Å². The minimum Gasteiger partial charge on any atom is -0.385 e. The van der Waals surface area contributed by atoms with Crippen LogP contribution in [0.2, 0.25) is 0 Å². The average molecular weight is 262 g/mol. The van der Waals surface area contributed by atoms with Crippen LogP contribution in [0, 0.1) is 4.77 Å². The van der Waals surface area contributed by atoms with Gasteiger partial charge in [-0.1, -0.05) is 30.3 Å². The second-order valence-electron chi connectivity index (χ2n) is 4.35. The van der Waals surface area contributed by atoms with Gasteiger partial charge in [-0.2, -0.15) is 0 Å². The zero-order valence-electron chi connectivity index (χ0n) is 10.7. The molecule has 1 aromatic carbocycles. The van der Waals surface area contributed by atoms with E-state index in [1.807, 2.05) is 24.4 Å². The molecule has 0 saturated heterocycles. The number of hydrogen-bond acceptors (Lipinski definition) is 2. The molecule has 0 spiro atoms. The van der Waals surface area contributed by atoms with Gasteiger partial charge in [0.2, 0.25) is 0 Å². The van der Waals surface area contributed by atoms with Crippen molar-refractivity contribution in [1.82, 2.24) is 9.55 Å². The Morgan fingerprint density at radius 2 is 2.06 bits per heavy atom. The zero-order chi connectivity index (χ0) is 13.0. The van der Waals surface area contributed by atoms with Gasteiger partial charge in [-0.05, 0) is 31.1 Å². The lowest BCUT2D eigenvalue weighted by molar-refractivity contribution is 0.181. The number of methoxy groups -OCH3 is 1. The van der Waals surface area contributed by atoms with E-state index < -0.39 is 0 Å². The number of nitrogens with zero attached hydrogens (tertiary/aromatic N) is 1. The summed E-state index contributed by atoms with van der Waals surface area (Å²) in [5, 5.41) is 0. The van der Waals surface area contributed by atoms with Crippen molar-refractivity contribution in [3.63, 3.8) is 0 Å². The number of H-pyrrole nitrogens is 1. The van der Waals surface area contributed by atoms with Gasteiger partial charge in [0, 0.05) is 26.0 Å². The molecule has 0 aliphatic heterocycles. The molecule has 0 radical (unpaired) electrons. The first kappa shape index (κ1) is 13.1. The van der Waals surface area contributed by atoms with Crippen molar-refractivity contribution in [2.24, 2.45) is 0 Å². The van der Waals surface area contributed by atoms with E-state index in [0.29, 0.717) is 6.04 Å². The number of nitrogens with one attached hydrogen (secondary N) is 1. The van der Waals surface area contributed by atoms with Crippen LogP contribution in [0.4, 0.5) is 0 Å². The first-order valence-electron chi connectivity index (χ1n) is 6.08. The molecular weight excluding hydrogens is 244 g/mol. The Morgan fingerprint density at radius 3 is 2.72 bits per heavy atom. The molecule has 2 aromatic rings. The SMILES string of the molecule is COCCC(C)n1c(-c2ccccc2)c[nH]c1=S. The second-order valence-corrected chi connectivity index (χ2v) is 4.73. The van der Waals surface area contributed by atoms with Crippen molar-refractivity contribution < 1.29 is 4.74 Å². The predicted octanol–water partition coefficient (Wildman–Crippen LogP) is 3.81.